The first-order valence-corrected chi connectivity index (χ1v) is 54.5. The number of aromatic nitrogens is 3. The van der Waals surface area contributed by atoms with Crippen molar-refractivity contribution >= 4 is 229 Å². The number of hydrogen-bond acceptors (Lipinski definition) is 21. The van der Waals surface area contributed by atoms with Crippen molar-refractivity contribution in [3.05, 3.63) is 320 Å². The zero-order valence-electron chi connectivity index (χ0n) is 75.2. The molecule has 12 aromatic rings. The van der Waals surface area contributed by atoms with E-state index in [-0.39, 0.29) is 103 Å². The second-order valence-electron chi connectivity index (χ2n) is 33.2. The molecule has 3 aliphatic rings. The molecule has 0 bridgehead atoms. The van der Waals surface area contributed by atoms with Gasteiger partial charge in [0.2, 0.25) is 39.3 Å². The van der Waals surface area contributed by atoms with E-state index in [0.29, 0.717) is 22.4 Å². The molecule has 722 valence electrons. The third kappa shape index (κ3) is 29.7. The van der Waals surface area contributed by atoms with E-state index >= 15 is 0 Å². The van der Waals surface area contributed by atoms with Crippen molar-refractivity contribution in [3.63, 3.8) is 0 Å². The van der Waals surface area contributed by atoms with Gasteiger partial charge in [-0.25, -0.2) is 47.1 Å². The number of carbonyl (C=O) groups excluding carboxylic acids is 1. The zero-order chi connectivity index (χ0) is 102. The molecule has 0 radical (unpaired) electrons. The van der Waals surface area contributed by atoms with Crippen LogP contribution in [-0.4, -0.2) is 129 Å². The van der Waals surface area contributed by atoms with Gasteiger partial charge >= 0.3 is 27.3 Å². The van der Waals surface area contributed by atoms with Crippen LogP contribution >= 0.6 is 148 Å². The molecule has 3 aromatic heterocycles. The highest BCUT2D eigenvalue weighted by Gasteiger charge is 2.64. The highest BCUT2D eigenvalue weighted by molar-refractivity contribution is 9.11. The second kappa shape index (κ2) is 46.8. The summed E-state index contributed by atoms with van der Waals surface area (Å²) in [5.41, 5.74) is -2.98. The van der Waals surface area contributed by atoms with Gasteiger partial charge in [-0.2, -0.15) is 13.2 Å². The fourth-order valence-electron chi connectivity index (χ4n) is 11.8. The lowest BCUT2D eigenvalue weighted by molar-refractivity contribution is -0.259. The fraction of sp³-hybridized carbons (Fsp3) is 0.247. The van der Waals surface area contributed by atoms with Crippen LogP contribution in [0.3, 0.4) is 0 Å². The number of ketones is 1. The van der Waals surface area contributed by atoms with Crippen LogP contribution in [0, 0.1) is 0 Å². The Labute approximate surface area is 864 Å². The fourth-order valence-corrected chi connectivity index (χ4v) is 22.3. The van der Waals surface area contributed by atoms with E-state index in [0.717, 1.165) is 41.5 Å². The van der Waals surface area contributed by atoms with Crippen molar-refractivity contribution in [2.45, 2.75) is 193 Å². The van der Waals surface area contributed by atoms with Crippen molar-refractivity contribution in [2.75, 3.05) is 0 Å². The number of benzene rings is 9. The Morgan fingerprint density at radius 1 is 0.353 bits per heavy atom. The van der Waals surface area contributed by atoms with Crippen LogP contribution in [0.5, 0.6) is 0 Å². The number of aliphatic hydroxyl groups is 1. The van der Waals surface area contributed by atoms with E-state index in [9.17, 15) is 65.2 Å². The molecule has 136 heavy (non-hydrogen) atoms. The number of Topliss-reactive ketones (excluding diaryl/α,β-unsaturated/α-hetero) is 1. The SMILES string of the molecule is Brc1ccc(Br)nc1.CC(C)=O.CC(O)(c1ccc(-c2ccc(S(=O)(=O)c3ccccc3)c(Cl)c2)nc1)C(F)(F)F.CC1(C)OB(B2OC(C)(C)C(C)(C)O2)OC1(C)C.CC1(C)OB(c2ccc(S(=O)(=O)c3ccccc3)c(Cl)c2)OC1(C)C.O=S(=O)(Cl)c1ccc(Br)cc1Cl.O=S(=O)(c1ccccc1)c1ccc(-c2ccc(Br)cn2)cc1Cl.O=S(=O)(c1ccccc1)c1ccc(Br)cc1Cl. The van der Waals surface area contributed by atoms with Gasteiger partial charge < -0.3 is 37.8 Å². The summed E-state index contributed by atoms with van der Waals surface area (Å²) in [7, 11) is -14.8. The molecule has 21 nitrogen and oxygen atoms in total. The monoisotopic (exact) mass is 2390 g/mol. The van der Waals surface area contributed by atoms with Gasteiger partial charge in [0.05, 0.1) is 109 Å². The number of pyridine rings is 3. The van der Waals surface area contributed by atoms with E-state index in [1.807, 2.05) is 107 Å². The van der Waals surface area contributed by atoms with Crippen molar-refractivity contribution in [3.8, 4) is 22.5 Å². The van der Waals surface area contributed by atoms with Crippen LogP contribution in [0.1, 0.15) is 109 Å². The minimum atomic E-state index is -4.85. The molecule has 1 atom stereocenters. The predicted octanol–water partition coefficient (Wildman–Crippen LogP) is 25.9. The maximum Gasteiger partial charge on any atom is 0.494 e. The Bertz CT molecular complexity index is 6720. The molecule has 3 aliphatic heterocycles. The summed E-state index contributed by atoms with van der Waals surface area (Å²) >= 11 is 46.5. The molecule has 15 rings (SSSR count). The maximum atomic E-state index is 12.9. The van der Waals surface area contributed by atoms with E-state index in [1.54, 1.807) is 164 Å². The Hall–Kier alpha value is -6.31. The van der Waals surface area contributed by atoms with Crippen molar-refractivity contribution in [2.24, 2.45) is 0 Å². The number of sulfone groups is 4. The molecular weight excluding hydrogens is 2310 g/mol. The van der Waals surface area contributed by atoms with Gasteiger partial charge in [0.15, 0.2) is 5.60 Å². The molecular formula is C93H90B3Br5Cl6F3N3O18S5. The smallest absolute Gasteiger partial charge is 0.405 e. The molecule has 9 aromatic carbocycles. The third-order valence-corrected chi connectivity index (χ3v) is 34.6. The lowest BCUT2D eigenvalue weighted by atomic mass is 9.49. The lowest BCUT2D eigenvalue weighted by Gasteiger charge is -2.32. The van der Waals surface area contributed by atoms with Crippen LogP contribution in [-0.2, 0) is 86.7 Å². The summed E-state index contributed by atoms with van der Waals surface area (Å²) in [5.74, 6) is 0.167. The van der Waals surface area contributed by atoms with Crippen LogP contribution in [0.2, 0.25) is 25.1 Å². The molecule has 43 heteroatoms. The summed E-state index contributed by atoms with van der Waals surface area (Å²) < 4.78 is 201. The minimum Gasteiger partial charge on any atom is -0.405 e. The Kier molecular flexibility index (Phi) is 39.6. The van der Waals surface area contributed by atoms with E-state index in [2.05, 4.69) is 94.6 Å². The number of alkyl halides is 3. The summed E-state index contributed by atoms with van der Waals surface area (Å²) in [6.07, 6.45) is -0.514. The highest BCUT2D eigenvalue weighted by atomic mass is 79.9. The molecule has 6 heterocycles. The molecule has 1 unspecified atom stereocenters. The molecule has 1 N–H and O–H groups in total. The van der Waals surface area contributed by atoms with Crippen molar-refractivity contribution in [1.82, 2.24) is 15.0 Å². The highest BCUT2D eigenvalue weighted by Crippen LogP contribution is 2.45. The normalized spacial score (nSPS) is 15.9. The quantitative estimate of drug-likeness (QED) is 0.0601. The summed E-state index contributed by atoms with van der Waals surface area (Å²) in [5, 5.41) is 10.3. The number of nitrogens with zero attached hydrogens (tertiary/aromatic N) is 3. The topological polar surface area (TPSA) is 302 Å². The Balaban J connectivity index is 0.000000198. The summed E-state index contributed by atoms with van der Waals surface area (Å²) in [6.45, 7) is 27.8. The van der Waals surface area contributed by atoms with Gasteiger partial charge in [-0.05, 0) is 309 Å². The van der Waals surface area contributed by atoms with Gasteiger partial charge in [0, 0.05) is 63.9 Å². The molecule has 0 aliphatic carbocycles. The largest absolute Gasteiger partial charge is 0.494 e. The number of carbonyl (C=O) groups is 1. The van der Waals surface area contributed by atoms with Gasteiger partial charge in [-0.15, -0.1) is 0 Å². The third-order valence-electron chi connectivity index (χ3n) is 21.4. The molecule has 0 amide bonds. The van der Waals surface area contributed by atoms with Gasteiger partial charge in [-0.1, -0.05) is 187 Å². The second-order valence-corrected chi connectivity index (χ2v) is 50.0. The first-order chi connectivity index (χ1) is 62.8. The molecule has 0 saturated carbocycles. The van der Waals surface area contributed by atoms with Crippen molar-refractivity contribution in [1.29, 1.82) is 0 Å². The predicted molar refractivity (Wildman–Crippen MR) is 547 cm³/mol. The van der Waals surface area contributed by atoms with E-state index in [1.165, 1.54) is 80.6 Å². The number of halogens is 14. The standard InChI is InChI=1S/C20H15ClF3NO3S.C18H20BClO4S.C17H11BrClNO2S.C12H24B2O4.C12H8BrClO2S.C6H3BrCl2O2S.C5H3Br2N.C3H6O/c1-19(26,20(22,23)24)14-8-9-17(25-12-14)13-7-10-18(16(21)11-13)29(27,28)15-5-3-2-4-6-15;1-17(2)18(3,4)24-19(23-17)13-10-11-16(15(20)12-13)25(21,22)14-8-6-5-7-9-14;18-13-7-8-16(20-11-13)12-6-9-17(15(19)10-12)23(21,22)14-4-2-1-3-5-14;1-9(2)10(3,4)16-13(15-9)14-17-11(5,6)12(7,8)18-14;13-9-6-7-12(11(14)8-9)17(15,16)10-4-2-1-3-5-10;7-4-1-2-6(5(8)3-4)12(9,10)11;6-4-1-2-5(7)8-3-4;1-3(2)4/h2-12,26H,1H3;5-12H,1-4H3;1-11H;1-8H3;1-8H;1-3H;1-3H;1-2H3. The average Bonchev–Trinajstić information content (AvgIpc) is 1.48. The van der Waals surface area contributed by atoms with E-state index in [4.69, 9.17) is 96.6 Å². The van der Waals surface area contributed by atoms with Crippen LogP contribution in [0.25, 0.3) is 22.5 Å². The summed E-state index contributed by atoms with van der Waals surface area (Å²) in [4.78, 5) is 22.5. The maximum absolute atomic E-state index is 12.9. The Morgan fingerprint density at radius 3 is 0.890 bits per heavy atom. The van der Waals surface area contributed by atoms with E-state index < -0.39 is 98.1 Å². The first kappa shape index (κ1) is 115. The molecule has 3 fully saturated rings. The molecule has 0 spiro atoms. The van der Waals surface area contributed by atoms with Crippen LogP contribution in [0.4, 0.5) is 13.2 Å². The van der Waals surface area contributed by atoms with Gasteiger partial charge in [-0.3, -0.25) is 9.97 Å². The van der Waals surface area contributed by atoms with Gasteiger partial charge in [0.25, 0.3) is 9.05 Å². The first-order valence-electron chi connectivity index (χ1n) is 40.4. The minimum absolute atomic E-state index is 0.0421. The number of rotatable bonds is 14. The molecule has 3 saturated heterocycles. The van der Waals surface area contributed by atoms with Gasteiger partial charge in [0.1, 0.15) is 15.3 Å². The van der Waals surface area contributed by atoms with Crippen molar-refractivity contribution < 1.29 is 93.1 Å². The van der Waals surface area contributed by atoms with Crippen LogP contribution in [0.15, 0.2) is 334 Å². The Morgan fingerprint density at radius 2 is 0.625 bits per heavy atom. The average molecular weight is 2400 g/mol. The lowest BCUT2D eigenvalue weighted by Crippen LogP contribution is -2.41. The summed E-state index contributed by atoms with van der Waals surface area (Å²) in [6, 6.07) is 65.2. The zero-order valence-corrected chi connectivity index (χ0v) is 91.7. The van der Waals surface area contributed by atoms with Crippen LogP contribution < -0.4 is 5.46 Å². The number of hydrogen-bond donors (Lipinski definition) is 1.